The van der Waals surface area contributed by atoms with Crippen LogP contribution in [0, 0.1) is 5.82 Å². The first-order valence-corrected chi connectivity index (χ1v) is 19.5. The summed E-state index contributed by atoms with van der Waals surface area (Å²) < 4.78 is 48.9. The van der Waals surface area contributed by atoms with E-state index in [1.54, 1.807) is 6.07 Å². The first-order chi connectivity index (χ1) is 26.7. The van der Waals surface area contributed by atoms with E-state index >= 15 is 0 Å². The first-order valence-electron chi connectivity index (χ1n) is 17.5. The van der Waals surface area contributed by atoms with Crippen molar-refractivity contribution in [3.63, 3.8) is 0 Å². The topological polar surface area (TPSA) is 349 Å². The average Bonchev–Trinajstić information content (AvgIpc) is 3.67. The summed E-state index contributed by atoms with van der Waals surface area (Å²) >= 11 is -1.20. The van der Waals surface area contributed by atoms with Gasteiger partial charge in [-0.15, -0.1) is 0 Å². The van der Waals surface area contributed by atoms with Crippen molar-refractivity contribution in [3.05, 3.63) is 36.3 Å². The molecule has 0 aliphatic carbocycles. The number of hydrogen-bond donors (Lipinski definition) is 13. The zero-order chi connectivity index (χ0) is 40.6. The van der Waals surface area contributed by atoms with E-state index in [9.17, 15) is 70.8 Å². The van der Waals surface area contributed by atoms with Crippen LogP contribution in [0.3, 0.4) is 0 Å². The molecule has 20 atom stereocenters. The second-order valence-corrected chi connectivity index (χ2v) is 16.3. The number of nitrogens with zero attached hydrogens (tertiary/aromatic N) is 3. The summed E-state index contributed by atoms with van der Waals surface area (Å²) in [4.78, 5) is 0. The van der Waals surface area contributed by atoms with Crippen molar-refractivity contribution in [2.45, 2.75) is 120 Å². The zero-order valence-electron chi connectivity index (χ0n) is 29.2. The minimum absolute atomic E-state index is 0.202. The Labute approximate surface area is 322 Å². The van der Waals surface area contributed by atoms with Gasteiger partial charge < -0.3 is 10.2 Å². The summed E-state index contributed by atoms with van der Waals surface area (Å²) in [5, 5.41) is 143. The van der Waals surface area contributed by atoms with Gasteiger partial charge in [-0.25, -0.2) is 0 Å². The van der Waals surface area contributed by atoms with Gasteiger partial charge in [0.1, 0.15) is 0 Å². The molecule has 0 amide bonds. The third kappa shape index (κ3) is 8.67. The molecule has 56 heavy (non-hydrogen) atoms. The van der Waals surface area contributed by atoms with E-state index in [1.165, 1.54) is 24.4 Å². The predicted molar refractivity (Wildman–Crippen MR) is 177 cm³/mol. The molecule has 4 aliphatic heterocycles. The first kappa shape index (κ1) is 43.6. The van der Waals surface area contributed by atoms with E-state index in [4.69, 9.17) is 28.4 Å². The van der Waals surface area contributed by atoms with Crippen LogP contribution in [0.5, 0.6) is 0 Å². The molecule has 5 heterocycles. The molecule has 4 saturated heterocycles. The standard InChI is InChI=1S/C32H46FN3O19Se/c33-11-3-1-2-10(4-11)12-5-36(35-34-12)17-18(41)13(6-37)52-31(22(17)45)56-32-26(49)28(21(44)16(9-40)53-32)55-30-25(48)27(20(43)15(8-39)51-30)54-29-24(47)23(46)19(42)14(7-38)50-29/h1-5,13-32,37-49H,6-9H2/t13-,14+,15+,16-,17+,18+,19+,20+,21+,22-,23+,24-,25-,26+,27+,28+,29+,30+,31+,32+/m1/s1. The SMILES string of the molecule is OC[C@@H]1O[C@@H](O[C@H]2[C@@H](O)[C@H](CO)O[C@@H](O[C@H]3[C@@H](O)[C@@H](CO)O[C@@H]([Se][C@@H]4O[C@H](CO)[C@H](O)[C@H](n5cc(-c6cccc(F)c6)nn5)[C@H]4O)[C@H]3O)[C@@H]2O)[C@H](O)[C@@H](O)[C@H]1O. The van der Waals surface area contributed by atoms with E-state index in [2.05, 4.69) is 10.3 Å². The molecule has 1 aromatic heterocycles. The fraction of sp³-hybridized carbons (Fsp3) is 0.750. The Morgan fingerprint density at radius 3 is 1.71 bits per heavy atom. The van der Waals surface area contributed by atoms with Gasteiger partial charge in [0, 0.05) is 0 Å². The second kappa shape index (κ2) is 18.5. The molecular formula is C32H46FN3O19Se. The quantitative estimate of drug-likeness (QED) is 0.0881. The summed E-state index contributed by atoms with van der Waals surface area (Å²) in [5.74, 6) is -0.539. The molecule has 24 heteroatoms. The molecule has 0 radical (unpaired) electrons. The zero-order valence-corrected chi connectivity index (χ0v) is 30.9. The van der Waals surface area contributed by atoms with Crippen LogP contribution in [0.2, 0.25) is 0 Å². The fourth-order valence-corrected chi connectivity index (χ4v) is 9.73. The summed E-state index contributed by atoms with van der Waals surface area (Å²) in [7, 11) is 0. The van der Waals surface area contributed by atoms with Gasteiger partial charge >= 0.3 is 313 Å². The molecule has 0 saturated carbocycles. The van der Waals surface area contributed by atoms with E-state index in [-0.39, 0.29) is 5.69 Å². The third-order valence-electron chi connectivity index (χ3n) is 10.1. The molecule has 13 N–H and O–H groups in total. The van der Waals surface area contributed by atoms with E-state index in [1.807, 2.05) is 0 Å². The minimum atomic E-state index is -2.03. The molecule has 1 aromatic carbocycles. The van der Waals surface area contributed by atoms with Crippen LogP contribution < -0.4 is 0 Å². The van der Waals surface area contributed by atoms with Gasteiger partial charge in [0.15, 0.2) is 0 Å². The van der Waals surface area contributed by atoms with E-state index in [0.717, 1.165) is 4.68 Å². The van der Waals surface area contributed by atoms with Crippen molar-refractivity contribution in [1.29, 1.82) is 0 Å². The van der Waals surface area contributed by atoms with Crippen molar-refractivity contribution in [3.8, 4) is 11.3 Å². The Kier molecular flexibility index (Phi) is 14.4. The summed E-state index contributed by atoms with van der Waals surface area (Å²) in [5.41, 5.74) is 0.552. The Morgan fingerprint density at radius 1 is 0.607 bits per heavy atom. The van der Waals surface area contributed by atoms with Gasteiger partial charge in [-0.1, -0.05) is 0 Å². The van der Waals surface area contributed by atoms with E-state index in [0.29, 0.717) is 5.56 Å². The fourth-order valence-electron chi connectivity index (χ4n) is 6.97. The van der Waals surface area contributed by atoms with E-state index < -0.39 is 167 Å². The van der Waals surface area contributed by atoms with Crippen LogP contribution in [-0.4, -0.2) is 237 Å². The number of aromatic nitrogens is 3. The number of ether oxygens (including phenoxy) is 6. The Bertz CT molecular complexity index is 1570. The van der Waals surface area contributed by atoms with Gasteiger partial charge in [-0.05, 0) is 0 Å². The number of aliphatic hydroxyl groups excluding tert-OH is 13. The summed E-state index contributed by atoms with van der Waals surface area (Å²) in [6.07, 6.45) is -27.9. The second-order valence-electron chi connectivity index (χ2n) is 13.7. The molecule has 6 rings (SSSR count). The molecule has 316 valence electrons. The van der Waals surface area contributed by atoms with Crippen LogP contribution in [0.1, 0.15) is 6.04 Å². The number of halogens is 1. The van der Waals surface area contributed by atoms with Gasteiger partial charge in [0.2, 0.25) is 0 Å². The van der Waals surface area contributed by atoms with Crippen molar-refractivity contribution in [1.82, 2.24) is 15.0 Å². The smallest absolute Gasteiger partial charge is 0.387 e. The Balaban J connectivity index is 1.20. The van der Waals surface area contributed by atoms with Crippen molar-refractivity contribution >= 4 is 15.0 Å². The normalized spacial score (nSPS) is 44.8. The van der Waals surface area contributed by atoms with Crippen LogP contribution in [0.15, 0.2) is 30.5 Å². The van der Waals surface area contributed by atoms with Crippen molar-refractivity contribution < 1.29 is 99.2 Å². The molecule has 0 bridgehead atoms. The summed E-state index contributed by atoms with van der Waals surface area (Å²) in [6.45, 7) is -3.25. The number of benzene rings is 1. The van der Waals surface area contributed by atoms with Crippen molar-refractivity contribution in [2.75, 3.05) is 26.4 Å². The van der Waals surface area contributed by atoms with Gasteiger partial charge in [0.05, 0.1) is 0 Å². The monoisotopic (exact) mass is 875 g/mol. The molecular weight excluding hydrogens is 828 g/mol. The predicted octanol–water partition coefficient (Wildman–Crippen LogP) is -7.78. The molecule has 2 aromatic rings. The average molecular weight is 875 g/mol. The number of rotatable bonds is 12. The number of hydrogen-bond acceptors (Lipinski definition) is 21. The van der Waals surface area contributed by atoms with Gasteiger partial charge in [-0.3, -0.25) is 0 Å². The van der Waals surface area contributed by atoms with Crippen LogP contribution in [-0.2, 0) is 28.4 Å². The van der Waals surface area contributed by atoms with Crippen LogP contribution in [0.4, 0.5) is 4.39 Å². The molecule has 4 fully saturated rings. The van der Waals surface area contributed by atoms with Crippen molar-refractivity contribution in [2.24, 2.45) is 0 Å². The van der Waals surface area contributed by atoms with Gasteiger partial charge in [-0.2, -0.15) is 0 Å². The summed E-state index contributed by atoms with van der Waals surface area (Å²) in [6, 6.07) is 4.17. The Morgan fingerprint density at radius 2 is 1.12 bits per heavy atom. The molecule has 22 nitrogen and oxygen atoms in total. The van der Waals surface area contributed by atoms with Gasteiger partial charge in [0.25, 0.3) is 0 Å². The maximum absolute atomic E-state index is 13.9. The number of aliphatic hydroxyl groups is 13. The molecule has 4 aliphatic rings. The molecule has 0 unspecified atom stereocenters. The third-order valence-corrected chi connectivity index (χ3v) is 12.9. The Hall–Kier alpha value is -1.95. The maximum atomic E-state index is 13.9. The van der Waals surface area contributed by atoms with Crippen LogP contribution in [0.25, 0.3) is 11.3 Å². The minimum Gasteiger partial charge on any atom is -0.387 e. The van der Waals surface area contributed by atoms with Crippen LogP contribution >= 0.6 is 0 Å². The molecule has 0 spiro atoms.